The molecule has 3 aromatic rings. The van der Waals surface area contributed by atoms with Gasteiger partial charge in [-0.25, -0.2) is 4.39 Å². The zero-order chi connectivity index (χ0) is 21.8. The van der Waals surface area contributed by atoms with Crippen molar-refractivity contribution in [2.75, 3.05) is 6.61 Å². The van der Waals surface area contributed by atoms with Gasteiger partial charge in [-0.3, -0.25) is 9.78 Å². The zero-order valence-corrected chi connectivity index (χ0v) is 18.2. The van der Waals surface area contributed by atoms with Crippen molar-refractivity contribution in [3.05, 3.63) is 58.8 Å². The molecular weight excluding hydrogens is 395 g/mol. The highest BCUT2D eigenvalue weighted by molar-refractivity contribution is 5.83. The minimum Gasteiger partial charge on any atom is -0.489 e. The number of hydrogen-bond acceptors (Lipinski definition) is 4. The van der Waals surface area contributed by atoms with Crippen LogP contribution in [0.2, 0.25) is 0 Å². The number of nitrogens with zero attached hydrogens (tertiary/aromatic N) is 1. The van der Waals surface area contributed by atoms with Gasteiger partial charge in [0.2, 0.25) is 0 Å². The minimum atomic E-state index is -0.344. The molecule has 0 radical (unpaired) electrons. The number of halogens is 1. The van der Waals surface area contributed by atoms with Gasteiger partial charge in [-0.05, 0) is 56.5 Å². The normalized spacial score (nSPS) is 14.3. The van der Waals surface area contributed by atoms with Crippen molar-refractivity contribution in [1.29, 1.82) is 0 Å². The number of aromatic amines is 1. The summed E-state index contributed by atoms with van der Waals surface area (Å²) in [6.07, 6.45) is 7.35. The van der Waals surface area contributed by atoms with Crippen molar-refractivity contribution in [2.45, 2.75) is 64.9 Å². The first-order valence-corrected chi connectivity index (χ1v) is 11.1. The molecule has 0 bridgehead atoms. The topological polar surface area (TPSA) is 64.2 Å². The molecule has 0 aliphatic heterocycles. The lowest BCUT2D eigenvalue weighted by Gasteiger charge is -2.13. The number of carbonyl (C=O) groups is 1. The summed E-state index contributed by atoms with van der Waals surface area (Å²) >= 11 is 0. The Morgan fingerprint density at radius 2 is 2.06 bits per heavy atom. The van der Waals surface area contributed by atoms with Gasteiger partial charge in [0.15, 0.2) is 5.82 Å². The molecule has 1 saturated carbocycles. The van der Waals surface area contributed by atoms with Gasteiger partial charge in [-0.2, -0.15) is 0 Å². The molecule has 0 unspecified atom stereocenters. The van der Waals surface area contributed by atoms with Crippen LogP contribution in [0, 0.1) is 12.7 Å². The first kappa shape index (κ1) is 21.3. The Morgan fingerprint density at radius 1 is 1.26 bits per heavy atom. The van der Waals surface area contributed by atoms with Crippen LogP contribution in [0.25, 0.3) is 10.9 Å². The van der Waals surface area contributed by atoms with E-state index >= 15 is 0 Å². The van der Waals surface area contributed by atoms with E-state index in [1.807, 2.05) is 12.3 Å². The fourth-order valence-electron chi connectivity index (χ4n) is 4.43. The van der Waals surface area contributed by atoms with E-state index in [-0.39, 0.29) is 24.6 Å². The van der Waals surface area contributed by atoms with Crippen molar-refractivity contribution in [1.82, 2.24) is 9.97 Å². The molecule has 31 heavy (non-hydrogen) atoms. The van der Waals surface area contributed by atoms with E-state index in [2.05, 4.69) is 18.0 Å². The predicted octanol–water partition coefficient (Wildman–Crippen LogP) is 5.74. The number of hydrogen-bond donors (Lipinski definition) is 1. The number of rotatable bonds is 8. The fourth-order valence-corrected chi connectivity index (χ4v) is 4.43. The molecule has 1 fully saturated rings. The van der Waals surface area contributed by atoms with E-state index in [1.54, 1.807) is 19.1 Å². The van der Waals surface area contributed by atoms with Crippen LogP contribution in [0.3, 0.4) is 0 Å². The van der Waals surface area contributed by atoms with Crippen molar-refractivity contribution in [3.63, 3.8) is 0 Å². The summed E-state index contributed by atoms with van der Waals surface area (Å²) < 4.78 is 25.6. The Labute approximate surface area is 182 Å². The lowest BCUT2D eigenvalue weighted by Crippen LogP contribution is -2.05. The van der Waals surface area contributed by atoms with E-state index < -0.39 is 0 Å². The van der Waals surface area contributed by atoms with Gasteiger partial charge >= 0.3 is 5.97 Å². The second kappa shape index (κ2) is 9.50. The Kier molecular flexibility index (Phi) is 6.54. The molecule has 2 aromatic heterocycles. The van der Waals surface area contributed by atoms with Crippen LogP contribution < -0.4 is 4.74 Å². The number of esters is 1. The highest BCUT2D eigenvalue weighted by atomic mass is 19.1. The molecule has 2 heterocycles. The third kappa shape index (κ3) is 4.89. The summed E-state index contributed by atoms with van der Waals surface area (Å²) in [5.74, 6) is 0.516. The van der Waals surface area contributed by atoms with E-state index in [4.69, 9.17) is 14.5 Å². The van der Waals surface area contributed by atoms with Crippen molar-refractivity contribution in [3.8, 4) is 5.75 Å². The molecule has 1 N–H and O–H groups in total. The maximum atomic E-state index is 14.8. The molecule has 164 valence electrons. The van der Waals surface area contributed by atoms with Gasteiger partial charge < -0.3 is 14.5 Å². The minimum absolute atomic E-state index is 0.143. The predicted molar refractivity (Wildman–Crippen MR) is 118 cm³/mol. The number of carbonyl (C=O) groups excluding carboxylic acids is 1. The molecular formula is C25H29FN2O3. The van der Waals surface area contributed by atoms with E-state index in [9.17, 15) is 9.18 Å². The number of aromatic nitrogens is 2. The summed E-state index contributed by atoms with van der Waals surface area (Å²) in [6, 6.07) is 7.46. The van der Waals surface area contributed by atoms with E-state index in [0.29, 0.717) is 41.5 Å². The van der Waals surface area contributed by atoms with Gasteiger partial charge in [0.25, 0.3) is 0 Å². The SMILES string of the molecule is CCOC(=O)CCc1[nH]c2ccc(OCc3cnc(C4CCCC4)c(C)c3)cc2c1F. The highest BCUT2D eigenvalue weighted by Gasteiger charge is 2.20. The number of pyridine rings is 1. The maximum absolute atomic E-state index is 14.8. The van der Waals surface area contributed by atoms with Crippen molar-refractivity contribution in [2.24, 2.45) is 0 Å². The second-order valence-electron chi connectivity index (χ2n) is 8.25. The number of fused-ring (bicyclic) bond motifs is 1. The third-order valence-electron chi connectivity index (χ3n) is 5.99. The van der Waals surface area contributed by atoms with Crippen LogP contribution >= 0.6 is 0 Å². The number of aryl methyl sites for hydroxylation is 2. The van der Waals surface area contributed by atoms with Gasteiger partial charge in [-0.1, -0.05) is 12.8 Å². The largest absolute Gasteiger partial charge is 0.489 e. The smallest absolute Gasteiger partial charge is 0.306 e. The summed E-state index contributed by atoms with van der Waals surface area (Å²) in [4.78, 5) is 19.3. The lowest BCUT2D eigenvalue weighted by atomic mass is 9.98. The van der Waals surface area contributed by atoms with E-state index in [0.717, 1.165) is 5.56 Å². The number of nitrogens with one attached hydrogen (secondary N) is 1. The van der Waals surface area contributed by atoms with Gasteiger partial charge in [0.1, 0.15) is 12.4 Å². The molecule has 6 heteroatoms. The third-order valence-corrected chi connectivity index (χ3v) is 5.99. The Morgan fingerprint density at radius 3 is 2.81 bits per heavy atom. The molecule has 0 atom stereocenters. The van der Waals surface area contributed by atoms with Crippen LogP contribution in [0.5, 0.6) is 5.75 Å². The van der Waals surface area contributed by atoms with E-state index in [1.165, 1.54) is 36.9 Å². The summed E-state index contributed by atoms with van der Waals surface area (Å²) in [6.45, 7) is 4.58. The maximum Gasteiger partial charge on any atom is 0.306 e. The average molecular weight is 425 g/mol. The monoisotopic (exact) mass is 424 g/mol. The number of ether oxygens (including phenoxy) is 2. The molecule has 0 spiro atoms. The zero-order valence-electron chi connectivity index (χ0n) is 18.2. The van der Waals surface area contributed by atoms with Crippen molar-refractivity contribution < 1.29 is 18.7 Å². The first-order valence-electron chi connectivity index (χ1n) is 11.1. The molecule has 0 amide bonds. The molecule has 5 nitrogen and oxygen atoms in total. The molecule has 0 saturated heterocycles. The van der Waals surface area contributed by atoms with Crippen LogP contribution in [-0.2, 0) is 22.6 Å². The van der Waals surface area contributed by atoms with Crippen molar-refractivity contribution >= 4 is 16.9 Å². The van der Waals surface area contributed by atoms with Gasteiger partial charge in [0.05, 0.1) is 18.7 Å². The number of H-pyrrole nitrogens is 1. The average Bonchev–Trinajstić information content (AvgIpc) is 3.40. The Balaban J connectivity index is 1.42. The molecule has 1 aromatic carbocycles. The molecule has 1 aliphatic rings. The fraction of sp³-hybridized carbons (Fsp3) is 0.440. The lowest BCUT2D eigenvalue weighted by molar-refractivity contribution is -0.143. The van der Waals surface area contributed by atoms with Crippen LogP contribution in [-0.4, -0.2) is 22.5 Å². The summed E-state index contributed by atoms with van der Waals surface area (Å²) in [7, 11) is 0. The quantitative estimate of drug-likeness (QED) is 0.468. The van der Waals surface area contributed by atoms with Gasteiger partial charge in [-0.15, -0.1) is 0 Å². The number of benzene rings is 1. The van der Waals surface area contributed by atoms with Crippen LogP contribution in [0.1, 0.15) is 67.5 Å². The standard InChI is InChI=1S/C25H29FN2O3/c1-3-30-23(29)11-10-22-24(26)20-13-19(8-9-21(20)28-22)31-15-17-12-16(2)25(27-14-17)18-6-4-5-7-18/h8-9,12-14,18,28H,3-7,10-11,15H2,1-2H3. The Bertz CT molecular complexity index is 1070. The van der Waals surface area contributed by atoms with Crippen LogP contribution in [0.4, 0.5) is 4.39 Å². The Hall–Kier alpha value is -2.89. The molecule has 1 aliphatic carbocycles. The highest BCUT2D eigenvalue weighted by Crippen LogP contribution is 2.34. The second-order valence-corrected chi connectivity index (χ2v) is 8.25. The summed E-state index contributed by atoms with van der Waals surface area (Å²) in [5, 5.41) is 0.460. The molecule has 4 rings (SSSR count). The first-order chi connectivity index (χ1) is 15.0. The van der Waals surface area contributed by atoms with Gasteiger partial charge in [0, 0.05) is 40.7 Å². The van der Waals surface area contributed by atoms with Crippen LogP contribution in [0.15, 0.2) is 30.5 Å². The summed E-state index contributed by atoms with van der Waals surface area (Å²) in [5.41, 5.74) is 4.52.